The smallest absolute Gasteiger partial charge is 0.236 e. The first-order chi connectivity index (χ1) is 12.6. The summed E-state index contributed by atoms with van der Waals surface area (Å²) in [4.78, 5) is 19.4. The number of carbonyl (C=O) groups is 1. The van der Waals surface area contributed by atoms with Crippen LogP contribution in [0.4, 0.5) is 5.69 Å². The highest BCUT2D eigenvalue weighted by Gasteiger charge is 2.23. The molecule has 1 heterocycles. The molecule has 2 aromatic carbocycles. The Bertz CT molecular complexity index is 679. The molecule has 1 aliphatic heterocycles. The first-order valence-corrected chi connectivity index (χ1v) is 9.49. The average Bonchev–Trinajstić information content (AvgIpc) is 2.69. The molecule has 0 unspecified atom stereocenters. The molecule has 1 amide bonds. The monoisotopic (exact) mass is 351 g/mol. The quantitative estimate of drug-likeness (QED) is 0.799. The minimum absolute atomic E-state index is 0.238. The lowest BCUT2D eigenvalue weighted by Crippen LogP contribution is -2.51. The van der Waals surface area contributed by atoms with E-state index in [9.17, 15) is 4.79 Å². The molecule has 1 aliphatic rings. The van der Waals surface area contributed by atoms with E-state index in [0.29, 0.717) is 12.6 Å². The molecule has 3 rings (SSSR count). The Morgan fingerprint density at radius 1 is 0.923 bits per heavy atom. The van der Waals surface area contributed by atoms with Gasteiger partial charge in [0.05, 0.1) is 6.54 Å². The van der Waals surface area contributed by atoms with Crippen LogP contribution in [-0.4, -0.2) is 54.5 Å². The molecule has 2 aromatic rings. The van der Waals surface area contributed by atoms with E-state index in [1.807, 2.05) is 17.0 Å². The van der Waals surface area contributed by atoms with Crippen molar-refractivity contribution in [1.29, 1.82) is 0 Å². The molecule has 0 radical (unpaired) electrons. The Morgan fingerprint density at radius 2 is 1.50 bits per heavy atom. The number of carbonyl (C=O) groups excluding carboxylic acids is 1. The number of anilines is 1. The van der Waals surface area contributed by atoms with E-state index in [4.69, 9.17) is 0 Å². The standard InChI is InChI=1S/C22H29N3O/c1-19(2)25(17-20-9-5-3-6-10-20)18-22(26)24-15-13-23(14-16-24)21-11-7-4-8-12-21/h3-12,19H,13-18H2,1-2H3. The summed E-state index contributed by atoms with van der Waals surface area (Å²) in [5, 5.41) is 0. The number of rotatable bonds is 6. The summed E-state index contributed by atoms with van der Waals surface area (Å²) in [5.74, 6) is 0.238. The Labute approximate surface area is 157 Å². The second kappa shape index (κ2) is 8.86. The van der Waals surface area contributed by atoms with E-state index in [-0.39, 0.29) is 5.91 Å². The van der Waals surface area contributed by atoms with Gasteiger partial charge in [-0.25, -0.2) is 0 Å². The third-order valence-electron chi connectivity index (χ3n) is 5.05. The van der Waals surface area contributed by atoms with Gasteiger partial charge in [0, 0.05) is 44.5 Å². The molecule has 0 atom stereocenters. The van der Waals surface area contributed by atoms with Gasteiger partial charge in [0.2, 0.25) is 5.91 Å². The van der Waals surface area contributed by atoms with Crippen LogP contribution < -0.4 is 4.90 Å². The lowest BCUT2D eigenvalue weighted by molar-refractivity contribution is -0.133. The molecule has 26 heavy (non-hydrogen) atoms. The fraction of sp³-hybridized carbons (Fsp3) is 0.409. The summed E-state index contributed by atoms with van der Waals surface area (Å²) in [6.45, 7) is 9.00. The third kappa shape index (κ3) is 4.85. The van der Waals surface area contributed by atoms with Crippen LogP contribution >= 0.6 is 0 Å². The number of hydrogen-bond acceptors (Lipinski definition) is 3. The molecule has 0 saturated carbocycles. The number of para-hydroxylation sites is 1. The lowest BCUT2D eigenvalue weighted by atomic mass is 10.2. The Morgan fingerprint density at radius 3 is 2.08 bits per heavy atom. The van der Waals surface area contributed by atoms with Crippen molar-refractivity contribution < 1.29 is 4.79 Å². The summed E-state index contributed by atoms with van der Waals surface area (Å²) in [6, 6.07) is 21.2. The second-order valence-electron chi connectivity index (χ2n) is 7.19. The van der Waals surface area contributed by atoms with Crippen molar-refractivity contribution in [1.82, 2.24) is 9.80 Å². The molecule has 1 fully saturated rings. The van der Waals surface area contributed by atoms with Crippen molar-refractivity contribution in [2.24, 2.45) is 0 Å². The normalized spacial score (nSPS) is 14.9. The highest BCUT2D eigenvalue weighted by atomic mass is 16.2. The van der Waals surface area contributed by atoms with Gasteiger partial charge in [0.15, 0.2) is 0 Å². The summed E-state index contributed by atoms with van der Waals surface area (Å²) in [7, 11) is 0. The topological polar surface area (TPSA) is 26.8 Å². The van der Waals surface area contributed by atoms with Gasteiger partial charge in [0.1, 0.15) is 0 Å². The lowest BCUT2D eigenvalue weighted by Gasteiger charge is -2.37. The number of hydrogen-bond donors (Lipinski definition) is 0. The zero-order valence-electron chi connectivity index (χ0n) is 15.8. The van der Waals surface area contributed by atoms with Gasteiger partial charge < -0.3 is 9.80 Å². The van der Waals surface area contributed by atoms with Crippen LogP contribution in [0.2, 0.25) is 0 Å². The zero-order chi connectivity index (χ0) is 18.4. The number of piperazine rings is 1. The number of nitrogens with zero attached hydrogens (tertiary/aromatic N) is 3. The van der Waals surface area contributed by atoms with Gasteiger partial charge in [-0.2, -0.15) is 0 Å². The molecule has 0 aromatic heterocycles. The Kier molecular flexibility index (Phi) is 6.29. The van der Waals surface area contributed by atoms with Gasteiger partial charge >= 0.3 is 0 Å². The van der Waals surface area contributed by atoms with Gasteiger partial charge in [-0.15, -0.1) is 0 Å². The highest BCUT2D eigenvalue weighted by molar-refractivity contribution is 5.78. The van der Waals surface area contributed by atoms with E-state index in [2.05, 4.69) is 72.2 Å². The second-order valence-corrected chi connectivity index (χ2v) is 7.19. The molecule has 0 spiro atoms. The van der Waals surface area contributed by atoms with Gasteiger partial charge in [-0.3, -0.25) is 9.69 Å². The first-order valence-electron chi connectivity index (χ1n) is 9.49. The number of benzene rings is 2. The van der Waals surface area contributed by atoms with Crippen molar-refractivity contribution >= 4 is 11.6 Å². The van der Waals surface area contributed by atoms with Crippen LogP contribution in [0, 0.1) is 0 Å². The van der Waals surface area contributed by atoms with Crippen LogP contribution in [0.15, 0.2) is 60.7 Å². The molecule has 138 valence electrons. The van der Waals surface area contributed by atoms with Crippen molar-refractivity contribution in [3.05, 3.63) is 66.2 Å². The largest absolute Gasteiger partial charge is 0.368 e. The maximum Gasteiger partial charge on any atom is 0.236 e. The molecule has 0 N–H and O–H groups in total. The third-order valence-corrected chi connectivity index (χ3v) is 5.05. The Balaban J connectivity index is 1.54. The predicted octanol–water partition coefficient (Wildman–Crippen LogP) is 3.25. The molecule has 1 saturated heterocycles. The van der Waals surface area contributed by atoms with Crippen LogP contribution in [0.3, 0.4) is 0 Å². The van der Waals surface area contributed by atoms with Crippen molar-refractivity contribution in [3.63, 3.8) is 0 Å². The first kappa shape index (κ1) is 18.5. The maximum atomic E-state index is 12.8. The fourth-order valence-electron chi connectivity index (χ4n) is 3.37. The van der Waals surface area contributed by atoms with Crippen molar-refractivity contribution in [2.45, 2.75) is 26.4 Å². The summed E-state index contributed by atoms with van der Waals surface area (Å²) in [5.41, 5.74) is 2.50. The van der Waals surface area contributed by atoms with E-state index >= 15 is 0 Å². The molecule has 4 heteroatoms. The van der Waals surface area contributed by atoms with E-state index < -0.39 is 0 Å². The van der Waals surface area contributed by atoms with Gasteiger partial charge in [-0.05, 0) is 31.5 Å². The zero-order valence-corrected chi connectivity index (χ0v) is 15.8. The molecular weight excluding hydrogens is 322 g/mol. The predicted molar refractivity (Wildman–Crippen MR) is 107 cm³/mol. The van der Waals surface area contributed by atoms with Crippen LogP contribution in [0.5, 0.6) is 0 Å². The fourth-order valence-corrected chi connectivity index (χ4v) is 3.37. The van der Waals surface area contributed by atoms with Crippen LogP contribution in [0.25, 0.3) is 0 Å². The molecule has 0 aliphatic carbocycles. The van der Waals surface area contributed by atoms with Crippen molar-refractivity contribution in [2.75, 3.05) is 37.6 Å². The minimum Gasteiger partial charge on any atom is -0.368 e. The SMILES string of the molecule is CC(C)N(CC(=O)N1CCN(c2ccccc2)CC1)Cc1ccccc1. The average molecular weight is 351 g/mol. The summed E-state index contributed by atoms with van der Waals surface area (Å²) >= 11 is 0. The van der Waals surface area contributed by atoms with E-state index in [1.165, 1.54) is 11.3 Å². The Hall–Kier alpha value is -2.33. The minimum atomic E-state index is 0.238. The van der Waals surface area contributed by atoms with E-state index in [1.54, 1.807) is 0 Å². The van der Waals surface area contributed by atoms with Gasteiger partial charge in [0.25, 0.3) is 0 Å². The van der Waals surface area contributed by atoms with Crippen LogP contribution in [0.1, 0.15) is 19.4 Å². The maximum absolute atomic E-state index is 12.8. The molecule has 4 nitrogen and oxygen atoms in total. The molecule has 0 bridgehead atoms. The number of amides is 1. The van der Waals surface area contributed by atoms with E-state index in [0.717, 1.165) is 32.7 Å². The highest BCUT2D eigenvalue weighted by Crippen LogP contribution is 2.16. The van der Waals surface area contributed by atoms with Crippen molar-refractivity contribution in [3.8, 4) is 0 Å². The molecular formula is C22H29N3O. The summed E-state index contributed by atoms with van der Waals surface area (Å²) in [6.07, 6.45) is 0. The summed E-state index contributed by atoms with van der Waals surface area (Å²) < 4.78 is 0. The van der Waals surface area contributed by atoms with Crippen LogP contribution in [-0.2, 0) is 11.3 Å². The van der Waals surface area contributed by atoms with Gasteiger partial charge in [-0.1, -0.05) is 48.5 Å².